The van der Waals surface area contributed by atoms with Gasteiger partial charge in [0.05, 0.1) is 6.42 Å². The standard InChI is InChI=1S/C13H16ClNO2/c14-11-4-1-3-10(7-11)9-15-6-2-5-12(15)8-13(16)17/h1,3-4,7,12H,2,5-6,8-9H2,(H,16,17). The van der Waals surface area contributed by atoms with Crippen molar-refractivity contribution >= 4 is 17.6 Å². The van der Waals surface area contributed by atoms with E-state index in [0.717, 1.165) is 36.5 Å². The van der Waals surface area contributed by atoms with Crippen molar-refractivity contribution in [1.29, 1.82) is 0 Å². The molecule has 1 heterocycles. The molecule has 1 aliphatic rings. The molecule has 1 aromatic rings. The van der Waals surface area contributed by atoms with E-state index in [1.807, 2.05) is 24.3 Å². The molecule has 0 aromatic heterocycles. The van der Waals surface area contributed by atoms with Gasteiger partial charge in [0.2, 0.25) is 0 Å². The van der Waals surface area contributed by atoms with E-state index in [-0.39, 0.29) is 12.5 Å². The quantitative estimate of drug-likeness (QED) is 0.897. The van der Waals surface area contributed by atoms with Crippen LogP contribution < -0.4 is 0 Å². The fourth-order valence-electron chi connectivity index (χ4n) is 2.41. The van der Waals surface area contributed by atoms with Crippen LogP contribution in [-0.4, -0.2) is 28.6 Å². The number of hydrogen-bond acceptors (Lipinski definition) is 2. The van der Waals surface area contributed by atoms with E-state index < -0.39 is 5.97 Å². The summed E-state index contributed by atoms with van der Waals surface area (Å²) >= 11 is 5.94. The molecule has 1 aliphatic heterocycles. The molecule has 92 valence electrons. The van der Waals surface area contributed by atoms with Gasteiger partial charge in [-0.3, -0.25) is 9.69 Å². The Hall–Kier alpha value is -1.06. The molecule has 4 heteroatoms. The highest BCUT2D eigenvalue weighted by molar-refractivity contribution is 6.30. The second kappa shape index (κ2) is 5.52. The maximum Gasteiger partial charge on any atom is 0.304 e. The van der Waals surface area contributed by atoms with E-state index >= 15 is 0 Å². The average Bonchev–Trinajstić information content (AvgIpc) is 2.65. The molecule has 1 saturated heterocycles. The molecule has 2 rings (SSSR count). The molecular formula is C13H16ClNO2. The topological polar surface area (TPSA) is 40.5 Å². The number of hydrogen-bond donors (Lipinski definition) is 1. The van der Waals surface area contributed by atoms with Gasteiger partial charge >= 0.3 is 5.97 Å². The van der Waals surface area contributed by atoms with Gasteiger partial charge in [0.15, 0.2) is 0 Å². The van der Waals surface area contributed by atoms with Crippen molar-refractivity contribution in [3.8, 4) is 0 Å². The van der Waals surface area contributed by atoms with Crippen molar-refractivity contribution in [2.24, 2.45) is 0 Å². The summed E-state index contributed by atoms with van der Waals surface area (Å²) in [6.07, 6.45) is 2.30. The van der Waals surface area contributed by atoms with E-state index in [2.05, 4.69) is 4.90 Å². The summed E-state index contributed by atoms with van der Waals surface area (Å²) < 4.78 is 0. The third-order valence-corrected chi connectivity index (χ3v) is 3.42. The van der Waals surface area contributed by atoms with Crippen molar-refractivity contribution < 1.29 is 9.90 Å². The Morgan fingerprint density at radius 3 is 3.06 bits per heavy atom. The number of nitrogens with zero attached hydrogens (tertiary/aromatic N) is 1. The zero-order valence-electron chi connectivity index (χ0n) is 9.60. The number of carboxylic acid groups (broad SMARTS) is 1. The number of carbonyl (C=O) groups is 1. The zero-order chi connectivity index (χ0) is 12.3. The highest BCUT2D eigenvalue weighted by atomic mass is 35.5. The molecule has 17 heavy (non-hydrogen) atoms. The van der Waals surface area contributed by atoms with Gasteiger partial charge in [0.1, 0.15) is 0 Å². The first-order valence-corrected chi connectivity index (χ1v) is 6.23. The van der Waals surface area contributed by atoms with E-state index in [4.69, 9.17) is 16.7 Å². The molecule has 3 nitrogen and oxygen atoms in total. The highest BCUT2D eigenvalue weighted by Crippen LogP contribution is 2.23. The van der Waals surface area contributed by atoms with Crippen LogP contribution in [0.4, 0.5) is 0 Å². The number of rotatable bonds is 4. The van der Waals surface area contributed by atoms with Crippen LogP contribution in [0.25, 0.3) is 0 Å². The summed E-state index contributed by atoms with van der Waals surface area (Å²) in [5.41, 5.74) is 1.15. The lowest BCUT2D eigenvalue weighted by Crippen LogP contribution is -2.30. The van der Waals surface area contributed by atoms with Crippen LogP contribution in [-0.2, 0) is 11.3 Å². The molecule has 1 atom stereocenters. The summed E-state index contributed by atoms with van der Waals surface area (Å²) in [6, 6.07) is 7.93. The first kappa shape index (κ1) is 12.4. The lowest BCUT2D eigenvalue weighted by molar-refractivity contribution is -0.138. The number of carboxylic acids is 1. The molecule has 1 N–H and O–H groups in total. The van der Waals surface area contributed by atoms with Gasteiger partial charge < -0.3 is 5.11 Å². The molecule has 1 aromatic carbocycles. The van der Waals surface area contributed by atoms with Gasteiger partial charge in [0.25, 0.3) is 0 Å². The minimum Gasteiger partial charge on any atom is -0.481 e. The first-order valence-electron chi connectivity index (χ1n) is 5.85. The minimum atomic E-state index is -0.715. The van der Waals surface area contributed by atoms with E-state index in [0.29, 0.717) is 0 Å². The van der Waals surface area contributed by atoms with Crippen molar-refractivity contribution in [1.82, 2.24) is 4.90 Å². The molecule has 0 aliphatic carbocycles. The lowest BCUT2D eigenvalue weighted by Gasteiger charge is -2.23. The van der Waals surface area contributed by atoms with Gasteiger partial charge in [-0.15, -0.1) is 0 Å². The molecule has 0 bridgehead atoms. The van der Waals surface area contributed by atoms with Gasteiger partial charge in [-0.05, 0) is 37.1 Å². The Morgan fingerprint density at radius 2 is 2.35 bits per heavy atom. The van der Waals surface area contributed by atoms with Gasteiger partial charge in [-0.25, -0.2) is 0 Å². The van der Waals surface area contributed by atoms with E-state index in [9.17, 15) is 4.79 Å². The van der Waals surface area contributed by atoms with Crippen molar-refractivity contribution in [3.63, 3.8) is 0 Å². The van der Waals surface area contributed by atoms with E-state index in [1.165, 1.54) is 0 Å². The van der Waals surface area contributed by atoms with Crippen molar-refractivity contribution in [3.05, 3.63) is 34.9 Å². The normalized spacial score (nSPS) is 20.6. The maximum atomic E-state index is 10.8. The van der Waals surface area contributed by atoms with Gasteiger partial charge in [0, 0.05) is 17.6 Å². The maximum absolute atomic E-state index is 10.8. The largest absolute Gasteiger partial charge is 0.481 e. The SMILES string of the molecule is O=C(O)CC1CCCN1Cc1cccc(Cl)c1. The van der Waals surface area contributed by atoms with Crippen LogP contribution in [0.2, 0.25) is 5.02 Å². The summed E-state index contributed by atoms with van der Waals surface area (Å²) in [7, 11) is 0. The predicted molar refractivity (Wildman–Crippen MR) is 67.1 cm³/mol. The molecule has 0 radical (unpaired) electrons. The fourth-order valence-corrected chi connectivity index (χ4v) is 2.62. The Bertz CT molecular complexity index is 408. The fraction of sp³-hybridized carbons (Fsp3) is 0.462. The zero-order valence-corrected chi connectivity index (χ0v) is 10.4. The second-order valence-electron chi connectivity index (χ2n) is 4.49. The Kier molecular flexibility index (Phi) is 4.02. The molecule has 1 fully saturated rings. The number of aliphatic carboxylic acids is 1. The van der Waals surface area contributed by atoms with Gasteiger partial charge in [-0.1, -0.05) is 23.7 Å². The summed E-state index contributed by atoms with van der Waals surface area (Å²) in [5.74, 6) is -0.715. The van der Waals surface area contributed by atoms with Crippen molar-refractivity contribution in [2.45, 2.75) is 31.8 Å². The van der Waals surface area contributed by atoms with Gasteiger partial charge in [-0.2, -0.15) is 0 Å². The lowest BCUT2D eigenvalue weighted by atomic mass is 10.1. The van der Waals surface area contributed by atoms with Crippen molar-refractivity contribution in [2.75, 3.05) is 6.54 Å². The molecular weight excluding hydrogens is 238 g/mol. The Labute approximate surface area is 106 Å². The Morgan fingerprint density at radius 1 is 1.53 bits per heavy atom. The van der Waals surface area contributed by atoms with Crippen LogP contribution in [0, 0.1) is 0 Å². The highest BCUT2D eigenvalue weighted by Gasteiger charge is 2.26. The summed E-state index contributed by atoms with van der Waals surface area (Å²) in [6.45, 7) is 1.77. The van der Waals surface area contributed by atoms with Crippen LogP contribution >= 0.6 is 11.6 Å². The predicted octanol–water partition coefficient (Wildman–Crippen LogP) is 2.78. The van der Waals surface area contributed by atoms with E-state index in [1.54, 1.807) is 0 Å². The molecule has 1 unspecified atom stereocenters. The summed E-state index contributed by atoms with van der Waals surface area (Å²) in [5, 5.41) is 9.59. The minimum absolute atomic E-state index is 0.173. The van der Waals surface area contributed by atoms with Crippen LogP contribution in [0.5, 0.6) is 0 Å². The second-order valence-corrected chi connectivity index (χ2v) is 4.93. The Balaban J connectivity index is 2.00. The smallest absolute Gasteiger partial charge is 0.304 e. The van der Waals surface area contributed by atoms with Crippen LogP contribution in [0.15, 0.2) is 24.3 Å². The number of halogens is 1. The third kappa shape index (κ3) is 3.45. The molecule has 0 amide bonds. The first-order chi connectivity index (χ1) is 8.15. The van der Waals surface area contributed by atoms with Crippen LogP contribution in [0.3, 0.4) is 0 Å². The summed E-state index contributed by atoms with van der Waals surface area (Å²) in [4.78, 5) is 13.0. The molecule has 0 saturated carbocycles. The average molecular weight is 254 g/mol. The molecule has 0 spiro atoms. The monoisotopic (exact) mass is 253 g/mol. The number of benzene rings is 1. The third-order valence-electron chi connectivity index (χ3n) is 3.18. The number of likely N-dealkylation sites (tertiary alicyclic amines) is 1. The van der Waals surface area contributed by atoms with Crippen LogP contribution in [0.1, 0.15) is 24.8 Å².